The molecule has 1 saturated heterocycles. The minimum Gasteiger partial charge on any atom is -0.497 e. The lowest BCUT2D eigenvalue weighted by molar-refractivity contribution is -0.136. The van der Waals surface area contributed by atoms with E-state index in [1.165, 1.54) is 6.92 Å². The van der Waals surface area contributed by atoms with E-state index in [4.69, 9.17) is 9.84 Å². The van der Waals surface area contributed by atoms with Crippen LogP contribution in [0.15, 0.2) is 42.5 Å². The molecule has 0 radical (unpaired) electrons. The van der Waals surface area contributed by atoms with Gasteiger partial charge in [-0.3, -0.25) is 14.4 Å². The van der Waals surface area contributed by atoms with Crippen LogP contribution in [0.5, 0.6) is 5.75 Å². The fourth-order valence-corrected chi connectivity index (χ4v) is 3.40. The first-order valence-electron chi connectivity index (χ1n) is 9.42. The number of benzene rings is 2. The van der Waals surface area contributed by atoms with Gasteiger partial charge in [0.05, 0.1) is 13.5 Å². The minimum absolute atomic E-state index is 0.0205. The predicted octanol–water partition coefficient (Wildman–Crippen LogP) is 2.29. The molecule has 0 spiro atoms. The highest BCUT2D eigenvalue weighted by Crippen LogP contribution is 2.27. The van der Waals surface area contributed by atoms with E-state index >= 15 is 0 Å². The molecule has 0 bridgehead atoms. The van der Waals surface area contributed by atoms with Crippen LogP contribution >= 0.6 is 0 Å². The predicted molar refractivity (Wildman–Crippen MR) is 108 cm³/mol. The van der Waals surface area contributed by atoms with Gasteiger partial charge in [0.1, 0.15) is 5.75 Å². The third-order valence-electron chi connectivity index (χ3n) is 5.04. The number of methoxy groups -OCH3 is 1. The van der Waals surface area contributed by atoms with Crippen LogP contribution in [0.2, 0.25) is 0 Å². The summed E-state index contributed by atoms with van der Waals surface area (Å²) in [6.45, 7) is 3.59. The van der Waals surface area contributed by atoms with Crippen molar-refractivity contribution in [2.75, 3.05) is 33.3 Å². The van der Waals surface area contributed by atoms with Gasteiger partial charge in [-0.1, -0.05) is 24.3 Å². The van der Waals surface area contributed by atoms with Crippen molar-refractivity contribution in [3.05, 3.63) is 53.6 Å². The second-order valence-electron chi connectivity index (χ2n) is 7.02. The molecule has 1 N–H and O–H groups in total. The Bertz CT molecular complexity index is 915. The van der Waals surface area contributed by atoms with E-state index in [1.54, 1.807) is 35.1 Å². The average molecular weight is 396 g/mol. The molecule has 0 aliphatic carbocycles. The van der Waals surface area contributed by atoms with Gasteiger partial charge in [0.15, 0.2) is 0 Å². The van der Waals surface area contributed by atoms with Crippen LogP contribution in [0.4, 0.5) is 0 Å². The molecule has 2 amide bonds. The summed E-state index contributed by atoms with van der Waals surface area (Å²) in [5, 5.41) is 8.91. The van der Waals surface area contributed by atoms with Crippen LogP contribution in [0.3, 0.4) is 0 Å². The van der Waals surface area contributed by atoms with E-state index in [1.807, 2.05) is 24.3 Å². The number of hydrogen-bond acceptors (Lipinski definition) is 4. The summed E-state index contributed by atoms with van der Waals surface area (Å²) in [4.78, 5) is 38.8. The Morgan fingerprint density at radius 1 is 0.931 bits per heavy atom. The van der Waals surface area contributed by atoms with Crippen molar-refractivity contribution in [3.63, 3.8) is 0 Å². The Labute approximate surface area is 169 Å². The fourth-order valence-electron chi connectivity index (χ4n) is 3.40. The maximum atomic E-state index is 13.0. The molecule has 1 aliphatic rings. The average Bonchev–Trinajstić information content (AvgIpc) is 2.73. The van der Waals surface area contributed by atoms with Crippen LogP contribution in [0, 0.1) is 0 Å². The smallest absolute Gasteiger partial charge is 0.307 e. The number of carboxylic acid groups (broad SMARTS) is 1. The standard InChI is InChI=1S/C22H24N2O5/c1-15(25)23-7-9-24(10-8-23)22(28)19-12-18(13-20(14-19)29-2)17-5-3-16(4-6-17)11-21(26)27/h3-6,12-14H,7-11H2,1-2H3,(H,26,27). The van der Waals surface area contributed by atoms with Crippen molar-refractivity contribution in [2.24, 2.45) is 0 Å². The van der Waals surface area contributed by atoms with Gasteiger partial charge in [-0.25, -0.2) is 0 Å². The van der Waals surface area contributed by atoms with Gasteiger partial charge in [0.2, 0.25) is 5.91 Å². The Hall–Kier alpha value is -3.35. The van der Waals surface area contributed by atoms with Crippen molar-refractivity contribution < 1.29 is 24.2 Å². The number of rotatable bonds is 5. The normalized spacial score (nSPS) is 13.9. The molecule has 1 heterocycles. The van der Waals surface area contributed by atoms with Gasteiger partial charge in [-0.2, -0.15) is 0 Å². The highest BCUT2D eigenvalue weighted by Gasteiger charge is 2.24. The molecular formula is C22H24N2O5. The second-order valence-corrected chi connectivity index (χ2v) is 7.02. The quantitative estimate of drug-likeness (QED) is 0.838. The number of nitrogens with zero attached hydrogens (tertiary/aromatic N) is 2. The molecule has 0 unspecified atom stereocenters. The largest absolute Gasteiger partial charge is 0.497 e. The first-order chi connectivity index (χ1) is 13.9. The van der Waals surface area contributed by atoms with Gasteiger partial charge in [0.25, 0.3) is 5.91 Å². The lowest BCUT2D eigenvalue weighted by Gasteiger charge is -2.34. The molecule has 7 heteroatoms. The maximum Gasteiger partial charge on any atom is 0.307 e. The van der Waals surface area contributed by atoms with Crippen molar-refractivity contribution >= 4 is 17.8 Å². The fraction of sp³-hybridized carbons (Fsp3) is 0.318. The summed E-state index contributed by atoms with van der Waals surface area (Å²) in [5.41, 5.74) is 2.92. The molecule has 7 nitrogen and oxygen atoms in total. The number of aliphatic carboxylic acids is 1. The highest BCUT2D eigenvalue weighted by atomic mass is 16.5. The number of carbonyl (C=O) groups is 3. The van der Waals surface area contributed by atoms with Crippen LogP contribution < -0.4 is 4.74 Å². The first kappa shape index (κ1) is 20.4. The highest BCUT2D eigenvalue weighted by molar-refractivity contribution is 5.96. The number of amides is 2. The lowest BCUT2D eigenvalue weighted by Crippen LogP contribution is -2.50. The van der Waals surface area contributed by atoms with Crippen LogP contribution in [-0.2, 0) is 16.0 Å². The Kier molecular flexibility index (Phi) is 6.16. The molecule has 29 heavy (non-hydrogen) atoms. The Morgan fingerprint density at radius 2 is 1.55 bits per heavy atom. The molecule has 1 fully saturated rings. The summed E-state index contributed by atoms with van der Waals surface area (Å²) in [6, 6.07) is 12.6. The molecular weight excluding hydrogens is 372 g/mol. The Balaban J connectivity index is 1.82. The molecule has 2 aromatic carbocycles. The van der Waals surface area contributed by atoms with Crippen LogP contribution in [-0.4, -0.2) is 66.0 Å². The van der Waals surface area contributed by atoms with E-state index in [2.05, 4.69) is 0 Å². The molecule has 3 rings (SSSR count). The number of ether oxygens (including phenoxy) is 1. The maximum absolute atomic E-state index is 13.0. The van der Waals surface area contributed by atoms with Crippen molar-refractivity contribution in [3.8, 4) is 16.9 Å². The van der Waals surface area contributed by atoms with Crippen molar-refractivity contribution in [1.29, 1.82) is 0 Å². The molecule has 0 atom stereocenters. The van der Waals surface area contributed by atoms with Crippen LogP contribution in [0.25, 0.3) is 11.1 Å². The second kappa shape index (κ2) is 8.77. The number of hydrogen-bond donors (Lipinski definition) is 1. The van der Waals surface area contributed by atoms with E-state index < -0.39 is 5.97 Å². The van der Waals surface area contributed by atoms with E-state index in [0.717, 1.165) is 11.1 Å². The van der Waals surface area contributed by atoms with Gasteiger partial charge < -0.3 is 19.6 Å². The SMILES string of the molecule is COc1cc(C(=O)N2CCN(C(C)=O)CC2)cc(-c2ccc(CC(=O)O)cc2)c1. The third kappa shape index (κ3) is 4.93. The van der Waals surface area contributed by atoms with E-state index in [9.17, 15) is 14.4 Å². The topological polar surface area (TPSA) is 87.2 Å². The number of carboxylic acids is 1. The first-order valence-corrected chi connectivity index (χ1v) is 9.42. The zero-order valence-electron chi connectivity index (χ0n) is 16.6. The zero-order valence-corrected chi connectivity index (χ0v) is 16.6. The van der Waals surface area contributed by atoms with Crippen LogP contribution in [0.1, 0.15) is 22.8 Å². The molecule has 1 aliphatic heterocycles. The number of piperazine rings is 1. The van der Waals surface area contributed by atoms with E-state index in [-0.39, 0.29) is 18.2 Å². The van der Waals surface area contributed by atoms with Gasteiger partial charge in [-0.15, -0.1) is 0 Å². The zero-order chi connectivity index (χ0) is 21.0. The summed E-state index contributed by atoms with van der Waals surface area (Å²) in [5.74, 6) is -0.386. The van der Waals surface area contributed by atoms with Crippen molar-refractivity contribution in [2.45, 2.75) is 13.3 Å². The summed E-state index contributed by atoms with van der Waals surface area (Å²) >= 11 is 0. The van der Waals surface area contributed by atoms with Gasteiger partial charge >= 0.3 is 5.97 Å². The third-order valence-corrected chi connectivity index (χ3v) is 5.04. The Morgan fingerprint density at radius 3 is 2.10 bits per heavy atom. The minimum atomic E-state index is -0.878. The van der Waals surface area contributed by atoms with E-state index in [0.29, 0.717) is 43.1 Å². The molecule has 0 aromatic heterocycles. The molecule has 2 aromatic rings. The summed E-state index contributed by atoms with van der Waals surface area (Å²) in [7, 11) is 1.55. The molecule has 0 saturated carbocycles. The summed E-state index contributed by atoms with van der Waals surface area (Å²) < 4.78 is 5.38. The number of carbonyl (C=O) groups excluding carboxylic acids is 2. The van der Waals surface area contributed by atoms with Gasteiger partial charge in [0, 0.05) is 38.7 Å². The molecule has 152 valence electrons. The summed E-state index contributed by atoms with van der Waals surface area (Å²) in [6.07, 6.45) is -0.0334. The monoisotopic (exact) mass is 396 g/mol. The lowest BCUT2D eigenvalue weighted by atomic mass is 10.00. The van der Waals surface area contributed by atoms with Gasteiger partial charge in [-0.05, 0) is 34.9 Å². The van der Waals surface area contributed by atoms with Crippen molar-refractivity contribution in [1.82, 2.24) is 9.80 Å².